The van der Waals surface area contributed by atoms with Gasteiger partial charge in [0.25, 0.3) is 0 Å². The average Bonchev–Trinajstić information content (AvgIpc) is 2.44. The average molecular weight is 263 g/mol. The molecule has 2 aromatic carbocycles. The highest BCUT2D eigenvalue weighted by Crippen LogP contribution is 2.15. The minimum Gasteiger partial charge on any atom is -0.127 e. The van der Waals surface area contributed by atoms with Crippen molar-refractivity contribution in [2.24, 2.45) is 0 Å². The first-order valence-corrected chi connectivity index (χ1v) is 8.03. The van der Waals surface area contributed by atoms with Crippen LogP contribution in [0.1, 0.15) is 22.3 Å². The van der Waals surface area contributed by atoms with Gasteiger partial charge in [-0.2, -0.15) is 0 Å². The van der Waals surface area contributed by atoms with E-state index in [-0.39, 0.29) is 0 Å². The highest BCUT2D eigenvalue weighted by molar-refractivity contribution is 6.91. The maximum absolute atomic E-state index is 5.84. The molecule has 0 saturated carbocycles. The summed E-state index contributed by atoms with van der Waals surface area (Å²) in [5.74, 6) is 0. The number of rotatable bonds is 2. The van der Waals surface area contributed by atoms with Crippen LogP contribution >= 0.6 is 0 Å². The van der Waals surface area contributed by atoms with Gasteiger partial charge in [0.05, 0.1) is 0 Å². The van der Waals surface area contributed by atoms with Crippen molar-refractivity contribution in [2.75, 3.05) is 0 Å². The van der Waals surface area contributed by atoms with E-state index in [2.05, 4.69) is 63.6 Å². The van der Waals surface area contributed by atoms with Crippen LogP contribution < -0.4 is 10.4 Å². The molecule has 1 heteroatoms. The molecule has 95 valence electrons. The quantitative estimate of drug-likeness (QED) is 0.577. The van der Waals surface area contributed by atoms with Gasteiger partial charge >= 0.3 is 0 Å². The SMILES string of the molecule is C#C[Si](c1ccccc1)c1cc(C)c(C)c(C)c1C. The minimum absolute atomic E-state index is 1.10. The van der Waals surface area contributed by atoms with Gasteiger partial charge < -0.3 is 0 Å². The third kappa shape index (κ3) is 2.50. The van der Waals surface area contributed by atoms with Gasteiger partial charge in [-0.05, 0) is 60.3 Å². The molecule has 2 aromatic rings. The third-order valence-corrected chi connectivity index (χ3v) is 6.21. The van der Waals surface area contributed by atoms with Crippen molar-refractivity contribution in [1.82, 2.24) is 0 Å². The van der Waals surface area contributed by atoms with Crippen LogP contribution in [0.2, 0.25) is 0 Å². The van der Waals surface area contributed by atoms with E-state index in [0.717, 1.165) is 0 Å². The van der Waals surface area contributed by atoms with Crippen LogP contribution in [0.5, 0.6) is 0 Å². The van der Waals surface area contributed by atoms with Gasteiger partial charge in [-0.25, -0.2) is 0 Å². The molecular weight excluding hydrogens is 244 g/mol. The lowest BCUT2D eigenvalue weighted by Crippen LogP contribution is -2.43. The summed E-state index contributed by atoms with van der Waals surface area (Å²) >= 11 is 0. The van der Waals surface area contributed by atoms with Gasteiger partial charge in [-0.15, -0.1) is 12.0 Å². The number of hydrogen-bond acceptors (Lipinski definition) is 0. The molecule has 0 N–H and O–H groups in total. The molecule has 0 aliphatic heterocycles. The van der Waals surface area contributed by atoms with Crippen molar-refractivity contribution in [2.45, 2.75) is 27.7 Å². The van der Waals surface area contributed by atoms with Crippen molar-refractivity contribution >= 4 is 19.2 Å². The molecule has 1 radical (unpaired) electrons. The first-order chi connectivity index (χ1) is 9.06. The second kappa shape index (κ2) is 5.46. The van der Waals surface area contributed by atoms with E-state index in [0.29, 0.717) is 0 Å². The van der Waals surface area contributed by atoms with Gasteiger partial charge in [-0.3, -0.25) is 0 Å². The Kier molecular flexibility index (Phi) is 3.92. The summed E-state index contributed by atoms with van der Waals surface area (Å²) in [5.41, 5.74) is 8.51. The van der Waals surface area contributed by atoms with Crippen LogP contribution in [0.4, 0.5) is 0 Å². The number of terminal acetylenes is 1. The molecule has 0 atom stereocenters. The maximum Gasteiger partial charge on any atom is 0.213 e. The van der Waals surface area contributed by atoms with Crippen LogP contribution in [0.25, 0.3) is 0 Å². The van der Waals surface area contributed by atoms with Crippen molar-refractivity contribution in [1.29, 1.82) is 0 Å². The largest absolute Gasteiger partial charge is 0.213 e. The Balaban J connectivity index is 2.61. The maximum atomic E-state index is 5.84. The summed E-state index contributed by atoms with van der Waals surface area (Å²) in [7, 11) is -1.10. The summed E-state index contributed by atoms with van der Waals surface area (Å²) in [5, 5.41) is 2.65. The molecule has 0 bridgehead atoms. The second-order valence-corrected chi connectivity index (χ2v) is 7.16. The first-order valence-electron chi connectivity index (χ1n) is 6.53. The minimum atomic E-state index is -1.10. The van der Waals surface area contributed by atoms with E-state index in [4.69, 9.17) is 6.42 Å². The predicted molar refractivity (Wildman–Crippen MR) is 85.7 cm³/mol. The van der Waals surface area contributed by atoms with E-state index in [9.17, 15) is 0 Å². The Labute approximate surface area is 118 Å². The van der Waals surface area contributed by atoms with Crippen molar-refractivity contribution in [3.63, 3.8) is 0 Å². The van der Waals surface area contributed by atoms with Crippen LogP contribution in [-0.4, -0.2) is 8.80 Å². The summed E-state index contributed by atoms with van der Waals surface area (Å²) in [6.07, 6.45) is 5.84. The molecule has 0 fully saturated rings. The summed E-state index contributed by atoms with van der Waals surface area (Å²) in [6.45, 7) is 8.75. The molecule has 19 heavy (non-hydrogen) atoms. The molecule has 0 aromatic heterocycles. The van der Waals surface area contributed by atoms with E-state index >= 15 is 0 Å². The fourth-order valence-electron chi connectivity index (χ4n) is 2.39. The van der Waals surface area contributed by atoms with Crippen LogP contribution in [0.15, 0.2) is 36.4 Å². The van der Waals surface area contributed by atoms with E-state index in [1.165, 1.54) is 32.6 Å². The third-order valence-electron chi connectivity index (χ3n) is 3.96. The molecule has 0 nitrogen and oxygen atoms in total. The smallest absolute Gasteiger partial charge is 0.127 e. The Hall–Kier alpha value is -1.78. The highest BCUT2D eigenvalue weighted by Gasteiger charge is 2.19. The Morgan fingerprint density at radius 3 is 2.11 bits per heavy atom. The Morgan fingerprint density at radius 2 is 1.53 bits per heavy atom. The van der Waals surface area contributed by atoms with Gasteiger partial charge in [0.1, 0.15) is 0 Å². The second-order valence-electron chi connectivity index (χ2n) is 5.00. The van der Waals surface area contributed by atoms with Crippen LogP contribution in [0, 0.1) is 39.7 Å². The predicted octanol–water partition coefficient (Wildman–Crippen LogP) is 2.70. The monoisotopic (exact) mass is 263 g/mol. The topological polar surface area (TPSA) is 0 Å². The molecule has 0 aliphatic rings. The zero-order chi connectivity index (χ0) is 14.0. The lowest BCUT2D eigenvalue weighted by Gasteiger charge is -2.17. The number of benzene rings is 2. The standard InChI is InChI=1S/C18H19Si/c1-6-19(17-10-8-7-9-11-17)18-12-13(2)14(3)15(4)16(18)5/h1,7-12H,2-5H3. The fraction of sp³-hybridized carbons (Fsp3) is 0.222. The van der Waals surface area contributed by atoms with Gasteiger partial charge in [0.15, 0.2) is 0 Å². The normalized spacial score (nSPS) is 10.5. The lowest BCUT2D eigenvalue weighted by atomic mass is 10.00. The zero-order valence-electron chi connectivity index (χ0n) is 12.0. The van der Waals surface area contributed by atoms with E-state index < -0.39 is 8.80 Å². The molecular formula is C18H19Si. The summed E-state index contributed by atoms with van der Waals surface area (Å²) in [4.78, 5) is 0. The van der Waals surface area contributed by atoms with E-state index in [1.54, 1.807) is 0 Å². The Bertz CT molecular complexity index is 633. The molecule has 0 saturated heterocycles. The Morgan fingerprint density at radius 1 is 0.895 bits per heavy atom. The fourth-order valence-corrected chi connectivity index (χ4v) is 4.48. The molecule has 0 amide bonds. The van der Waals surface area contributed by atoms with E-state index in [1.807, 2.05) is 6.07 Å². The molecule has 0 unspecified atom stereocenters. The highest BCUT2D eigenvalue weighted by atomic mass is 28.3. The summed E-state index contributed by atoms with van der Waals surface area (Å²) < 4.78 is 0. The molecule has 0 heterocycles. The summed E-state index contributed by atoms with van der Waals surface area (Å²) in [6, 6.07) is 12.8. The molecule has 0 spiro atoms. The van der Waals surface area contributed by atoms with Crippen LogP contribution in [-0.2, 0) is 0 Å². The number of hydrogen-bond donors (Lipinski definition) is 0. The van der Waals surface area contributed by atoms with Gasteiger partial charge in [-0.1, -0.05) is 36.4 Å². The zero-order valence-corrected chi connectivity index (χ0v) is 13.0. The van der Waals surface area contributed by atoms with Crippen molar-refractivity contribution in [3.05, 3.63) is 58.7 Å². The number of aryl methyl sites for hydroxylation is 1. The first kappa shape index (κ1) is 13.6. The molecule has 2 rings (SSSR count). The lowest BCUT2D eigenvalue weighted by molar-refractivity contribution is 1.23. The molecule has 0 aliphatic carbocycles. The van der Waals surface area contributed by atoms with Gasteiger partial charge in [0, 0.05) is 0 Å². The van der Waals surface area contributed by atoms with Crippen molar-refractivity contribution in [3.8, 4) is 12.0 Å². The van der Waals surface area contributed by atoms with Gasteiger partial charge in [0.2, 0.25) is 8.80 Å². The van der Waals surface area contributed by atoms with Crippen LogP contribution in [0.3, 0.4) is 0 Å². The van der Waals surface area contributed by atoms with Crippen molar-refractivity contribution < 1.29 is 0 Å².